The van der Waals surface area contributed by atoms with Gasteiger partial charge in [-0.1, -0.05) is 18.4 Å². The molecular formula is C22H30O6S. The number of carbonyl (C=O) groups excluding carboxylic acids is 1. The minimum atomic E-state index is -0.487. The van der Waals surface area contributed by atoms with Crippen molar-refractivity contribution in [1.29, 1.82) is 0 Å². The number of ether oxygens (including phenoxy) is 2. The Morgan fingerprint density at radius 1 is 1.10 bits per heavy atom. The van der Waals surface area contributed by atoms with E-state index in [4.69, 9.17) is 14.7 Å². The summed E-state index contributed by atoms with van der Waals surface area (Å²) in [6.45, 7) is 3.39. The smallest absolute Gasteiger partial charge is 0.338 e. The Kier molecular flexibility index (Phi) is 6.81. The second-order valence-electron chi connectivity index (χ2n) is 8.81. The van der Waals surface area contributed by atoms with Crippen molar-refractivity contribution in [3.8, 4) is 0 Å². The van der Waals surface area contributed by atoms with E-state index in [-0.39, 0.29) is 5.97 Å². The first kappa shape index (κ1) is 21.1. The maximum Gasteiger partial charge on any atom is 0.338 e. The maximum absolute atomic E-state index is 13.1. The molecule has 0 aromatic heterocycles. The van der Waals surface area contributed by atoms with E-state index in [1.54, 1.807) is 24.3 Å². The van der Waals surface area contributed by atoms with Gasteiger partial charge in [-0.15, -0.1) is 4.33 Å². The normalized spacial score (nSPS) is 32.5. The average Bonchev–Trinajstić information content (AvgIpc) is 2.73. The number of esters is 1. The van der Waals surface area contributed by atoms with Crippen molar-refractivity contribution in [3.63, 3.8) is 0 Å². The van der Waals surface area contributed by atoms with Gasteiger partial charge in [-0.2, -0.15) is 0 Å². The van der Waals surface area contributed by atoms with Gasteiger partial charge in [-0.05, 0) is 74.6 Å². The van der Waals surface area contributed by atoms with E-state index in [2.05, 4.69) is 16.3 Å². The monoisotopic (exact) mass is 422 g/mol. The Morgan fingerprint density at radius 2 is 1.76 bits per heavy atom. The molecule has 1 aromatic carbocycles. The molecule has 0 aliphatic heterocycles. The molecule has 0 unspecified atom stereocenters. The van der Waals surface area contributed by atoms with E-state index in [1.807, 2.05) is 0 Å². The van der Waals surface area contributed by atoms with Gasteiger partial charge in [-0.3, -0.25) is 0 Å². The van der Waals surface area contributed by atoms with Crippen LogP contribution in [-0.4, -0.2) is 30.0 Å². The van der Waals surface area contributed by atoms with Crippen molar-refractivity contribution in [2.24, 2.45) is 23.7 Å². The highest BCUT2D eigenvalue weighted by atomic mass is 32.2. The summed E-state index contributed by atoms with van der Waals surface area (Å²) >= 11 is 0.866. The van der Waals surface area contributed by atoms with Gasteiger partial charge in [0.1, 0.15) is 5.60 Å². The molecule has 160 valence electrons. The third-order valence-corrected chi connectivity index (χ3v) is 7.62. The van der Waals surface area contributed by atoms with Crippen LogP contribution in [0.2, 0.25) is 0 Å². The Hall–Kier alpha value is -1.12. The van der Waals surface area contributed by atoms with E-state index < -0.39 is 5.60 Å². The zero-order valence-corrected chi connectivity index (χ0v) is 17.7. The molecular weight excluding hydrogens is 392 g/mol. The number of carbonyl (C=O) groups is 1. The van der Waals surface area contributed by atoms with Crippen LogP contribution in [0.1, 0.15) is 62.2 Å². The maximum atomic E-state index is 13.1. The molecule has 0 radical (unpaired) electrons. The standard InChI is InChI=1S/C22H30O6S/c1-2-3-8-25-14-22(18-10-15-9-16(12-18)13-19(22)11-15)26-21(23)17-4-6-20(7-5-17)29-28-27-24/h4-7,15-16,18-19,24H,2-3,8-14H2,1H3. The van der Waals surface area contributed by atoms with Crippen LogP contribution in [0.4, 0.5) is 0 Å². The van der Waals surface area contributed by atoms with Crippen LogP contribution in [0.5, 0.6) is 0 Å². The highest BCUT2D eigenvalue weighted by molar-refractivity contribution is 7.94. The number of hydrogen-bond donors (Lipinski definition) is 1. The minimum absolute atomic E-state index is 0.285. The van der Waals surface area contributed by atoms with Crippen LogP contribution in [0, 0.1) is 23.7 Å². The van der Waals surface area contributed by atoms with Crippen LogP contribution in [0.25, 0.3) is 0 Å². The van der Waals surface area contributed by atoms with E-state index in [9.17, 15) is 4.79 Å². The largest absolute Gasteiger partial charge is 0.452 e. The molecule has 0 spiro atoms. The SMILES string of the molecule is CCCCOCC1(OC(=O)c2ccc(SOOO)cc2)C2CC3CC(C2)CC1C3. The van der Waals surface area contributed by atoms with Gasteiger partial charge < -0.3 is 9.47 Å². The van der Waals surface area contributed by atoms with Gasteiger partial charge in [0.2, 0.25) is 0 Å². The Morgan fingerprint density at radius 3 is 2.34 bits per heavy atom. The summed E-state index contributed by atoms with van der Waals surface area (Å²) in [6.07, 6.45) is 8.11. The molecule has 1 N–H and O–H groups in total. The van der Waals surface area contributed by atoms with Gasteiger partial charge >= 0.3 is 5.97 Å². The zero-order chi connectivity index (χ0) is 20.3. The molecule has 4 aliphatic carbocycles. The predicted molar refractivity (Wildman–Crippen MR) is 108 cm³/mol. The lowest BCUT2D eigenvalue weighted by atomic mass is 9.50. The Balaban J connectivity index is 1.49. The summed E-state index contributed by atoms with van der Waals surface area (Å²) in [7, 11) is 0. The second kappa shape index (κ2) is 9.35. The Bertz CT molecular complexity index is 663. The third kappa shape index (κ3) is 4.49. The quantitative estimate of drug-likeness (QED) is 0.181. The van der Waals surface area contributed by atoms with E-state index in [0.29, 0.717) is 28.9 Å². The summed E-state index contributed by atoms with van der Waals surface area (Å²) < 4.78 is 16.8. The van der Waals surface area contributed by atoms with E-state index >= 15 is 0 Å². The summed E-state index contributed by atoms with van der Waals surface area (Å²) in [5.74, 6) is 2.13. The zero-order valence-electron chi connectivity index (χ0n) is 16.9. The van der Waals surface area contributed by atoms with Crippen molar-refractivity contribution in [3.05, 3.63) is 29.8 Å². The highest BCUT2D eigenvalue weighted by Gasteiger charge is 2.59. The highest BCUT2D eigenvalue weighted by Crippen LogP contribution is 2.59. The third-order valence-electron chi connectivity index (χ3n) is 7.02. The van der Waals surface area contributed by atoms with Crippen molar-refractivity contribution < 1.29 is 28.9 Å². The van der Waals surface area contributed by atoms with Crippen molar-refractivity contribution in [1.82, 2.24) is 0 Å². The molecule has 0 amide bonds. The van der Waals surface area contributed by atoms with Gasteiger partial charge in [-0.25, -0.2) is 10.1 Å². The van der Waals surface area contributed by atoms with Crippen LogP contribution in [-0.2, 0) is 18.8 Å². The molecule has 4 saturated carbocycles. The van der Waals surface area contributed by atoms with Gasteiger partial charge in [0.15, 0.2) is 0 Å². The molecule has 1 aromatic rings. The van der Waals surface area contributed by atoms with Crippen LogP contribution in [0.3, 0.4) is 0 Å². The number of unbranched alkanes of at least 4 members (excludes halogenated alkanes) is 1. The fraction of sp³-hybridized carbons (Fsp3) is 0.682. The second-order valence-corrected chi connectivity index (χ2v) is 9.58. The van der Waals surface area contributed by atoms with Crippen molar-refractivity contribution in [2.75, 3.05) is 13.2 Å². The molecule has 7 heteroatoms. The molecule has 5 rings (SSSR count). The van der Waals surface area contributed by atoms with Crippen LogP contribution < -0.4 is 0 Å². The minimum Gasteiger partial charge on any atom is -0.452 e. The van der Waals surface area contributed by atoms with Gasteiger partial charge in [0.25, 0.3) is 0 Å². The summed E-state index contributed by atoms with van der Waals surface area (Å²) in [4.78, 5) is 13.8. The van der Waals surface area contributed by atoms with E-state index in [0.717, 1.165) is 69.0 Å². The fourth-order valence-electron chi connectivity index (χ4n) is 5.82. The molecule has 4 bridgehead atoms. The number of rotatable bonds is 10. The van der Waals surface area contributed by atoms with Gasteiger partial charge in [0, 0.05) is 23.3 Å². The lowest BCUT2D eigenvalue weighted by molar-refractivity contribution is -0.432. The molecule has 0 heterocycles. The summed E-state index contributed by atoms with van der Waals surface area (Å²) in [5, 5.41) is 11.9. The molecule has 4 aliphatic rings. The fourth-order valence-corrected chi connectivity index (χ4v) is 6.18. The summed E-state index contributed by atoms with van der Waals surface area (Å²) in [6, 6.07) is 6.91. The lowest BCUT2D eigenvalue weighted by Gasteiger charge is -2.59. The number of benzene rings is 1. The van der Waals surface area contributed by atoms with Crippen molar-refractivity contribution >= 4 is 18.0 Å². The Labute approximate surface area is 176 Å². The molecule has 4 fully saturated rings. The predicted octanol–water partition coefficient (Wildman–Crippen LogP) is 5.28. The molecule has 0 saturated heterocycles. The summed E-state index contributed by atoms with van der Waals surface area (Å²) in [5.41, 5.74) is 0.0282. The first-order valence-corrected chi connectivity index (χ1v) is 11.4. The first-order valence-electron chi connectivity index (χ1n) is 10.7. The van der Waals surface area contributed by atoms with Crippen LogP contribution >= 0.6 is 12.0 Å². The molecule has 29 heavy (non-hydrogen) atoms. The lowest BCUT2D eigenvalue weighted by Crippen LogP contribution is -2.62. The average molecular weight is 423 g/mol. The molecule has 0 atom stereocenters. The van der Waals surface area contributed by atoms with Gasteiger partial charge in [0.05, 0.1) is 24.2 Å². The van der Waals surface area contributed by atoms with E-state index in [1.165, 1.54) is 6.42 Å². The number of hydrogen-bond acceptors (Lipinski definition) is 7. The van der Waals surface area contributed by atoms with Crippen molar-refractivity contribution in [2.45, 2.75) is 62.4 Å². The van der Waals surface area contributed by atoms with Crippen LogP contribution in [0.15, 0.2) is 29.2 Å². The topological polar surface area (TPSA) is 74.2 Å². The first-order chi connectivity index (χ1) is 14.1. The molecule has 6 nitrogen and oxygen atoms in total.